The van der Waals surface area contributed by atoms with Crippen LogP contribution in [0.15, 0.2) is 65.7 Å². The Morgan fingerprint density at radius 2 is 1.69 bits per heavy atom. The molecule has 0 spiro atoms. The van der Waals surface area contributed by atoms with Crippen LogP contribution in [0.25, 0.3) is 11.3 Å². The van der Waals surface area contributed by atoms with E-state index in [9.17, 15) is 17.6 Å². The van der Waals surface area contributed by atoms with Crippen LogP contribution in [0.5, 0.6) is 17.4 Å². The number of ether oxygens (including phenoxy) is 2. The van der Waals surface area contributed by atoms with Gasteiger partial charge in [-0.25, -0.2) is 19.1 Å². The second-order valence-electron chi connectivity index (χ2n) is 9.04. The molecule has 8 nitrogen and oxygen atoms in total. The van der Waals surface area contributed by atoms with Gasteiger partial charge in [0, 0.05) is 20.2 Å². The summed E-state index contributed by atoms with van der Waals surface area (Å²) >= 11 is 0. The molecule has 0 saturated carbocycles. The maximum Gasteiger partial charge on any atom is 0.281 e. The number of carbonyl (C=O) groups is 1. The van der Waals surface area contributed by atoms with Crippen LogP contribution in [-0.2, 0) is 10.0 Å². The van der Waals surface area contributed by atoms with E-state index in [0.717, 1.165) is 16.7 Å². The monoisotopic (exact) mass is 553 g/mol. The number of nitrogens with one attached hydrogen (secondary N) is 1. The van der Waals surface area contributed by atoms with Crippen molar-refractivity contribution in [1.29, 1.82) is 0 Å². The summed E-state index contributed by atoms with van der Waals surface area (Å²) in [4.78, 5) is 21.8. The predicted octanol–water partition coefficient (Wildman–Crippen LogP) is 6.32. The van der Waals surface area contributed by atoms with Crippen molar-refractivity contribution in [3.05, 3.63) is 94.4 Å². The van der Waals surface area contributed by atoms with Crippen molar-refractivity contribution in [1.82, 2.24) is 14.7 Å². The molecule has 4 aromatic rings. The summed E-state index contributed by atoms with van der Waals surface area (Å²) < 4.78 is 53.8. The Balaban J connectivity index is 0.00000294. The van der Waals surface area contributed by atoms with Crippen molar-refractivity contribution in [3.8, 4) is 28.6 Å². The van der Waals surface area contributed by atoms with Gasteiger partial charge in [0.15, 0.2) is 5.03 Å². The third-order valence-electron chi connectivity index (χ3n) is 5.75. The van der Waals surface area contributed by atoms with E-state index in [2.05, 4.69) is 9.97 Å². The van der Waals surface area contributed by atoms with Crippen LogP contribution in [0.4, 0.5) is 4.39 Å². The van der Waals surface area contributed by atoms with Crippen LogP contribution in [0.1, 0.15) is 42.5 Å². The predicted molar refractivity (Wildman–Crippen MR) is 149 cm³/mol. The Morgan fingerprint density at radius 1 is 0.974 bits per heavy atom. The Labute approximate surface area is 229 Å². The number of benzene rings is 2. The molecule has 2 heterocycles. The summed E-state index contributed by atoms with van der Waals surface area (Å²) in [5.74, 6) is -0.833. The number of aromatic nitrogens is 2. The number of hydrogen-bond donors (Lipinski definition) is 1. The highest BCUT2D eigenvalue weighted by Crippen LogP contribution is 2.33. The summed E-state index contributed by atoms with van der Waals surface area (Å²) in [6, 6.07) is 15.3. The molecule has 4 rings (SSSR count). The first-order valence-corrected chi connectivity index (χ1v) is 13.7. The maximum absolute atomic E-state index is 14.3. The molecule has 0 saturated heterocycles. The zero-order chi connectivity index (χ0) is 28.3. The molecule has 39 heavy (non-hydrogen) atoms. The molecular weight excluding hydrogens is 521 g/mol. The van der Waals surface area contributed by atoms with Gasteiger partial charge >= 0.3 is 0 Å². The zero-order valence-corrected chi connectivity index (χ0v) is 23.0. The summed E-state index contributed by atoms with van der Waals surface area (Å²) in [7, 11) is -4.28. The van der Waals surface area contributed by atoms with Gasteiger partial charge in [0.25, 0.3) is 15.9 Å². The lowest BCUT2D eigenvalue weighted by atomic mass is 10.1. The number of amides is 1. The summed E-state index contributed by atoms with van der Waals surface area (Å²) in [6.07, 6.45) is 0. The molecule has 0 aliphatic heterocycles. The highest BCUT2D eigenvalue weighted by molar-refractivity contribution is 7.90. The van der Waals surface area contributed by atoms with E-state index in [1.54, 1.807) is 26.0 Å². The molecule has 2 aromatic heterocycles. The molecule has 2 aromatic carbocycles. The van der Waals surface area contributed by atoms with Crippen LogP contribution in [0.2, 0.25) is 0 Å². The van der Waals surface area contributed by atoms with Crippen molar-refractivity contribution in [3.63, 3.8) is 0 Å². The third kappa shape index (κ3) is 6.40. The molecule has 0 aliphatic carbocycles. The molecule has 0 unspecified atom stereocenters. The first kappa shape index (κ1) is 27.7. The van der Waals surface area contributed by atoms with E-state index in [1.807, 2.05) is 37.6 Å². The number of pyridine rings is 2. The molecular formula is C29H32FN3O5S. The number of aryl methyl sites for hydroxylation is 4. The zero-order valence-electron chi connectivity index (χ0n) is 22.2. The van der Waals surface area contributed by atoms with Crippen molar-refractivity contribution < 1.29 is 29.9 Å². The minimum absolute atomic E-state index is 0. The van der Waals surface area contributed by atoms with Crippen molar-refractivity contribution >= 4 is 15.9 Å². The number of nitrogens with zero attached hydrogens (tertiary/aromatic N) is 2. The van der Waals surface area contributed by atoms with Crippen LogP contribution in [0.3, 0.4) is 0 Å². The fourth-order valence-corrected chi connectivity index (χ4v) is 5.11. The van der Waals surface area contributed by atoms with Gasteiger partial charge in [-0.05, 0) is 82.1 Å². The van der Waals surface area contributed by atoms with E-state index in [0.29, 0.717) is 35.1 Å². The molecule has 0 aliphatic rings. The fraction of sp³-hybridized carbons (Fsp3) is 0.207. The molecule has 206 valence electrons. The lowest BCUT2D eigenvalue weighted by molar-refractivity contribution is 0.0978. The molecule has 0 fully saturated rings. The van der Waals surface area contributed by atoms with E-state index >= 15 is 0 Å². The average molecular weight is 554 g/mol. The lowest BCUT2D eigenvalue weighted by Crippen LogP contribution is -2.31. The molecule has 0 bridgehead atoms. The van der Waals surface area contributed by atoms with Gasteiger partial charge in [-0.1, -0.05) is 23.8 Å². The molecule has 0 radical (unpaired) electrons. The quantitative estimate of drug-likeness (QED) is 0.272. The van der Waals surface area contributed by atoms with Crippen molar-refractivity contribution in [2.24, 2.45) is 0 Å². The second-order valence-corrected chi connectivity index (χ2v) is 10.7. The molecule has 1 N–H and O–H groups in total. The number of carbonyl (C=O) groups excluding carboxylic acids is 1. The highest BCUT2D eigenvalue weighted by Gasteiger charge is 2.25. The van der Waals surface area contributed by atoms with Gasteiger partial charge in [0.05, 0.1) is 12.3 Å². The second kappa shape index (κ2) is 11.2. The van der Waals surface area contributed by atoms with E-state index in [1.165, 1.54) is 36.4 Å². The van der Waals surface area contributed by atoms with Crippen molar-refractivity contribution in [2.45, 2.75) is 39.6 Å². The molecule has 1 amide bonds. The largest absolute Gasteiger partial charge is 0.494 e. The lowest BCUT2D eigenvalue weighted by Gasteiger charge is -2.16. The smallest absolute Gasteiger partial charge is 0.281 e. The van der Waals surface area contributed by atoms with Crippen LogP contribution >= 0.6 is 0 Å². The average Bonchev–Trinajstić information content (AvgIpc) is 2.85. The SMILES string of the molecule is CCOc1cc(F)cc(-c2ccc(C(=O)NS(=O)(=O)c3cccc(C)n3)c(Oc3c(C)cc(C)cc3C)n2)c1.[HH].[HH]. The van der Waals surface area contributed by atoms with Gasteiger partial charge in [-0.3, -0.25) is 4.79 Å². The topological polar surface area (TPSA) is 107 Å². The molecule has 10 heteroatoms. The minimum Gasteiger partial charge on any atom is -0.494 e. The standard InChI is InChI=1S/C29H28FN3O5S.2H2/c1-6-37-23-15-21(14-22(30)16-23)25-11-10-24(28(34)33-39(35,36)26-9-7-8-20(5)31-26)29(32-25)38-27-18(3)12-17(2)13-19(27)4;;/h7-16H,6H2,1-5H3,(H,33,34);2*1H. The summed E-state index contributed by atoms with van der Waals surface area (Å²) in [6.45, 7) is 9.44. The normalized spacial score (nSPS) is 11.2. The Kier molecular flexibility index (Phi) is 7.96. The summed E-state index contributed by atoms with van der Waals surface area (Å²) in [5, 5.41) is -0.295. The van der Waals surface area contributed by atoms with E-state index in [4.69, 9.17) is 9.47 Å². The Morgan fingerprint density at radius 3 is 2.36 bits per heavy atom. The van der Waals surface area contributed by atoms with Crippen LogP contribution in [0, 0.1) is 33.5 Å². The van der Waals surface area contributed by atoms with Crippen molar-refractivity contribution in [2.75, 3.05) is 6.61 Å². The van der Waals surface area contributed by atoms with Gasteiger partial charge in [0.1, 0.15) is 22.9 Å². The van der Waals surface area contributed by atoms with Gasteiger partial charge in [-0.15, -0.1) is 0 Å². The number of halogens is 1. The first-order valence-electron chi connectivity index (χ1n) is 12.2. The number of hydrogen-bond acceptors (Lipinski definition) is 7. The third-order valence-corrected chi connectivity index (χ3v) is 6.98. The number of sulfonamides is 1. The molecule has 0 atom stereocenters. The maximum atomic E-state index is 14.3. The fourth-order valence-electron chi connectivity index (χ4n) is 4.13. The van der Waals surface area contributed by atoms with Crippen LogP contribution in [-0.4, -0.2) is 30.9 Å². The minimum atomic E-state index is -4.28. The van der Waals surface area contributed by atoms with E-state index in [-0.39, 0.29) is 19.3 Å². The van der Waals surface area contributed by atoms with Gasteiger partial charge < -0.3 is 9.47 Å². The van der Waals surface area contributed by atoms with Crippen LogP contribution < -0.4 is 14.2 Å². The Hall–Kier alpha value is -4.31. The van der Waals surface area contributed by atoms with E-state index < -0.39 is 21.7 Å². The van der Waals surface area contributed by atoms with Gasteiger partial charge in [-0.2, -0.15) is 8.42 Å². The summed E-state index contributed by atoms with van der Waals surface area (Å²) in [5.41, 5.74) is 3.66. The van der Waals surface area contributed by atoms with Gasteiger partial charge in [0.2, 0.25) is 5.88 Å². The Bertz CT molecular complexity index is 1660. The highest BCUT2D eigenvalue weighted by atomic mass is 32.2. The number of rotatable bonds is 8. The first-order chi connectivity index (χ1) is 18.5.